The van der Waals surface area contributed by atoms with E-state index in [0.717, 1.165) is 30.2 Å². The summed E-state index contributed by atoms with van der Waals surface area (Å²) in [5.41, 5.74) is 6.23. The predicted molar refractivity (Wildman–Crippen MR) is 69.7 cm³/mol. The fraction of sp³-hybridized carbons (Fsp3) is 0.545. The number of nitrogens with zero attached hydrogens (tertiary/aromatic N) is 1. The molecule has 0 aromatic carbocycles. The maximum Gasteiger partial charge on any atom is 0.238 e. The van der Waals surface area contributed by atoms with Crippen molar-refractivity contribution in [2.75, 3.05) is 29.7 Å². The summed E-state index contributed by atoms with van der Waals surface area (Å²) in [5.74, 6) is 2.73. The maximum absolute atomic E-state index is 11.2. The van der Waals surface area contributed by atoms with Crippen molar-refractivity contribution in [3.8, 4) is 5.88 Å². The largest absolute Gasteiger partial charge is 0.479 e. The lowest BCUT2D eigenvalue weighted by Crippen LogP contribution is -2.29. The first-order valence-electron chi connectivity index (χ1n) is 5.61. The lowest BCUT2D eigenvalue weighted by Gasteiger charge is -2.23. The fourth-order valence-corrected chi connectivity index (χ4v) is 3.14. The van der Waals surface area contributed by atoms with Crippen LogP contribution in [0.5, 0.6) is 5.88 Å². The third-order valence-corrected chi connectivity index (χ3v) is 4.21. The number of nitrogens with two attached hydrogens (primary N) is 1. The number of nitrogens with one attached hydrogen (secondary N) is 1. The zero-order valence-corrected chi connectivity index (χ0v) is 10.6. The summed E-state index contributed by atoms with van der Waals surface area (Å²) in [6, 6.07) is 3.95. The monoisotopic (exact) mass is 255 g/mol. The second kappa shape index (κ2) is 5.35. The van der Waals surface area contributed by atoms with Gasteiger partial charge in [-0.3, -0.25) is 4.21 Å². The van der Waals surface area contributed by atoms with Crippen molar-refractivity contribution in [3.05, 3.63) is 12.1 Å². The Labute approximate surface area is 103 Å². The Morgan fingerprint density at radius 2 is 2.18 bits per heavy atom. The molecule has 1 fully saturated rings. The van der Waals surface area contributed by atoms with E-state index in [2.05, 4.69) is 10.3 Å². The summed E-state index contributed by atoms with van der Waals surface area (Å²) < 4.78 is 16.3. The van der Waals surface area contributed by atoms with Gasteiger partial charge in [0.05, 0.1) is 12.8 Å². The molecule has 17 heavy (non-hydrogen) atoms. The summed E-state index contributed by atoms with van der Waals surface area (Å²) in [5, 5.41) is 3.32. The summed E-state index contributed by atoms with van der Waals surface area (Å²) in [6.45, 7) is 0. The number of anilines is 2. The molecule has 1 aromatic rings. The van der Waals surface area contributed by atoms with Crippen LogP contribution in [-0.4, -0.2) is 33.9 Å². The number of pyridine rings is 1. The molecule has 1 aliphatic heterocycles. The molecule has 3 N–H and O–H groups in total. The Kier molecular flexibility index (Phi) is 3.83. The van der Waals surface area contributed by atoms with Gasteiger partial charge in [-0.2, -0.15) is 4.98 Å². The maximum atomic E-state index is 11.2. The summed E-state index contributed by atoms with van der Waals surface area (Å²) in [6.07, 6.45) is 1.84. The van der Waals surface area contributed by atoms with Crippen LogP contribution in [0.4, 0.5) is 11.5 Å². The van der Waals surface area contributed by atoms with E-state index in [0.29, 0.717) is 17.6 Å². The fourth-order valence-electron chi connectivity index (χ4n) is 1.84. The van der Waals surface area contributed by atoms with Crippen molar-refractivity contribution in [1.29, 1.82) is 0 Å². The van der Waals surface area contributed by atoms with Crippen LogP contribution in [0.2, 0.25) is 0 Å². The van der Waals surface area contributed by atoms with Crippen molar-refractivity contribution < 1.29 is 8.95 Å². The summed E-state index contributed by atoms with van der Waals surface area (Å²) in [7, 11) is 0.914. The number of hydrogen-bond acceptors (Lipinski definition) is 5. The lowest BCUT2D eigenvalue weighted by molar-refractivity contribution is 0.400. The first-order chi connectivity index (χ1) is 8.19. The number of hydrogen-bond donors (Lipinski definition) is 2. The van der Waals surface area contributed by atoms with Gasteiger partial charge in [-0.15, -0.1) is 0 Å². The van der Waals surface area contributed by atoms with Crippen LogP contribution in [-0.2, 0) is 10.8 Å². The van der Waals surface area contributed by atoms with Crippen LogP contribution < -0.4 is 15.8 Å². The number of methoxy groups -OCH3 is 1. The second-order valence-corrected chi connectivity index (χ2v) is 5.76. The Balaban J connectivity index is 2.01. The minimum absolute atomic E-state index is 0.341. The van der Waals surface area contributed by atoms with Crippen LogP contribution >= 0.6 is 0 Å². The molecular weight excluding hydrogens is 238 g/mol. The molecule has 5 nitrogen and oxygen atoms in total. The van der Waals surface area contributed by atoms with E-state index in [9.17, 15) is 4.21 Å². The third kappa shape index (κ3) is 3.09. The number of rotatable bonds is 3. The second-order valence-electron chi connectivity index (χ2n) is 4.06. The van der Waals surface area contributed by atoms with Crippen LogP contribution in [0.3, 0.4) is 0 Å². The first-order valence-corrected chi connectivity index (χ1v) is 7.10. The Morgan fingerprint density at radius 1 is 1.47 bits per heavy atom. The first kappa shape index (κ1) is 12.2. The molecule has 1 saturated heterocycles. The molecule has 0 radical (unpaired) electrons. The van der Waals surface area contributed by atoms with Crippen LogP contribution in [0.15, 0.2) is 12.1 Å². The van der Waals surface area contributed by atoms with Gasteiger partial charge >= 0.3 is 0 Å². The highest BCUT2D eigenvalue weighted by molar-refractivity contribution is 7.85. The van der Waals surface area contributed by atoms with Crippen LogP contribution in [0.25, 0.3) is 0 Å². The van der Waals surface area contributed by atoms with E-state index in [1.165, 1.54) is 0 Å². The zero-order valence-electron chi connectivity index (χ0n) is 9.81. The molecule has 0 bridgehead atoms. The molecule has 0 atom stereocenters. The Morgan fingerprint density at radius 3 is 2.82 bits per heavy atom. The molecule has 94 valence electrons. The van der Waals surface area contributed by atoms with Crippen molar-refractivity contribution in [2.24, 2.45) is 0 Å². The van der Waals surface area contributed by atoms with Gasteiger partial charge in [0, 0.05) is 28.3 Å². The normalized spacial score (nSPS) is 24.3. The molecule has 2 rings (SSSR count). The van der Waals surface area contributed by atoms with Gasteiger partial charge < -0.3 is 15.8 Å². The van der Waals surface area contributed by atoms with Gasteiger partial charge in [0.25, 0.3) is 0 Å². The Bertz CT molecular complexity index is 415. The van der Waals surface area contributed by atoms with E-state index in [1.807, 2.05) is 6.07 Å². The minimum atomic E-state index is -0.634. The predicted octanol–water partition coefficient (Wildman–Crippen LogP) is 0.995. The van der Waals surface area contributed by atoms with Crippen molar-refractivity contribution in [2.45, 2.75) is 18.9 Å². The highest BCUT2D eigenvalue weighted by atomic mass is 32.2. The third-order valence-electron chi connectivity index (χ3n) is 2.82. The van der Waals surface area contributed by atoms with Gasteiger partial charge in [0.2, 0.25) is 5.88 Å². The van der Waals surface area contributed by atoms with E-state index < -0.39 is 10.8 Å². The molecule has 0 amide bonds. The van der Waals surface area contributed by atoms with Crippen molar-refractivity contribution in [3.63, 3.8) is 0 Å². The lowest BCUT2D eigenvalue weighted by atomic mass is 10.1. The molecule has 1 aliphatic rings. The van der Waals surface area contributed by atoms with Crippen LogP contribution in [0.1, 0.15) is 12.8 Å². The van der Waals surface area contributed by atoms with E-state index in [1.54, 1.807) is 13.2 Å². The highest BCUT2D eigenvalue weighted by Gasteiger charge is 2.18. The van der Waals surface area contributed by atoms with E-state index in [4.69, 9.17) is 10.5 Å². The molecule has 6 heteroatoms. The van der Waals surface area contributed by atoms with Crippen LogP contribution in [0, 0.1) is 0 Å². The van der Waals surface area contributed by atoms with E-state index in [-0.39, 0.29) is 0 Å². The van der Waals surface area contributed by atoms with Gasteiger partial charge in [0.1, 0.15) is 5.82 Å². The van der Waals surface area contributed by atoms with E-state index >= 15 is 0 Å². The zero-order chi connectivity index (χ0) is 12.3. The average Bonchev–Trinajstić information content (AvgIpc) is 2.34. The molecular formula is C11H17N3O2S. The summed E-state index contributed by atoms with van der Waals surface area (Å²) >= 11 is 0. The Hall–Kier alpha value is -1.30. The SMILES string of the molecule is COc1nc(NC2CCS(=O)CC2)ccc1N. The smallest absolute Gasteiger partial charge is 0.238 e. The van der Waals surface area contributed by atoms with Crippen molar-refractivity contribution >= 4 is 22.3 Å². The molecule has 0 saturated carbocycles. The number of nitrogen functional groups attached to an aromatic ring is 1. The highest BCUT2D eigenvalue weighted by Crippen LogP contribution is 2.22. The molecule has 2 heterocycles. The number of aromatic nitrogens is 1. The molecule has 0 spiro atoms. The van der Waals surface area contributed by atoms with Gasteiger partial charge in [-0.05, 0) is 25.0 Å². The quantitative estimate of drug-likeness (QED) is 0.842. The van der Waals surface area contributed by atoms with Gasteiger partial charge in [0.15, 0.2) is 0 Å². The molecule has 1 aromatic heterocycles. The van der Waals surface area contributed by atoms with Gasteiger partial charge in [-0.1, -0.05) is 0 Å². The standard InChI is InChI=1S/C11H17N3O2S/c1-16-11-9(12)2-3-10(14-11)13-8-4-6-17(15)7-5-8/h2-3,8H,4-7,12H2,1H3,(H,13,14). The number of ether oxygens (including phenoxy) is 1. The van der Waals surface area contributed by atoms with Crippen molar-refractivity contribution in [1.82, 2.24) is 4.98 Å². The van der Waals surface area contributed by atoms with Gasteiger partial charge in [-0.25, -0.2) is 0 Å². The minimum Gasteiger partial charge on any atom is -0.479 e. The molecule has 0 unspecified atom stereocenters. The summed E-state index contributed by atoms with van der Waals surface area (Å²) in [4.78, 5) is 4.27. The topological polar surface area (TPSA) is 77.2 Å². The average molecular weight is 255 g/mol. The molecule has 0 aliphatic carbocycles.